The number of carbonyl (C=O) groups is 2. The van der Waals surface area contributed by atoms with Crippen LogP contribution in [0.2, 0.25) is 0 Å². The highest BCUT2D eigenvalue weighted by molar-refractivity contribution is 6.39. The molecule has 0 bridgehead atoms. The molecular formula is C18H20FN5O3. The molecule has 0 aliphatic carbocycles. The normalized spacial score (nSPS) is 16.2. The predicted molar refractivity (Wildman–Crippen MR) is 97.8 cm³/mol. The quantitative estimate of drug-likeness (QED) is 0.761. The number of nitrogens with zero attached hydrogens (tertiary/aromatic N) is 3. The molecule has 1 fully saturated rings. The van der Waals surface area contributed by atoms with Crippen LogP contribution in [0.15, 0.2) is 41.3 Å². The van der Waals surface area contributed by atoms with Crippen LogP contribution in [-0.4, -0.2) is 41.2 Å². The number of hydrogen-bond donors (Lipinski definition) is 2. The van der Waals surface area contributed by atoms with Crippen molar-refractivity contribution in [3.63, 3.8) is 0 Å². The van der Waals surface area contributed by atoms with Gasteiger partial charge in [0, 0.05) is 32.7 Å². The third-order valence-electron chi connectivity index (χ3n) is 4.48. The maximum absolute atomic E-state index is 13.5. The Balaban J connectivity index is 1.49. The minimum absolute atomic E-state index is 0.0390. The molecule has 0 unspecified atom stereocenters. The maximum atomic E-state index is 13.5. The summed E-state index contributed by atoms with van der Waals surface area (Å²) in [6, 6.07) is 7.17. The Bertz CT molecular complexity index is 914. The van der Waals surface area contributed by atoms with Crippen molar-refractivity contribution in [2.24, 2.45) is 13.0 Å². The van der Waals surface area contributed by atoms with Crippen molar-refractivity contribution < 1.29 is 14.0 Å². The number of rotatable bonds is 4. The Labute approximate surface area is 155 Å². The molecule has 1 aromatic heterocycles. The lowest BCUT2D eigenvalue weighted by Gasteiger charge is -2.18. The molecule has 1 aliphatic rings. The summed E-state index contributed by atoms with van der Waals surface area (Å²) >= 11 is 0. The zero-order chi connectivity index (χ0) is 19.4. The topological polar surface area (TPSA) is 96.3 Å². The minimum Gasteiger partial charge on any atom is -0.370 e. The van der Waals surface area contributed by atoms with Crippen molar-refractivity contribution in [1.82, 2.24) is 15.1 Å². The number of anilines is 2. The largest absolute Gasteiger partial charge is 0.370 e. The van der Waals surface area contributed by atoms with Crippen LogP contribution in [0.5, 0.6) is 0 Å². The van der Waals surface area contributed by atoms with Crippen LogP contribution in [0, 0.1) is 11.7 Å². The molecule has 1 aliphatic heterocycles. The van der Waals surface area contributed by atoms with Crippen LogP contribution in [0.1, 0.15) is 6.42 Å². The molecule has 0 radical (unpaired) electrons. The van der Waals surface area contributed by atoms with E-state index >= 15 is 0 Å². The van der Waals surface area contributed by atoms with Gasteiger partial charge < -0.3 is 15.5 Å². The van der Waals surface area contributed by atoms with E-state index in [0.717, 1.165) is 18.7 Å². The molecule has 1 aromatic carbocycles. The van der Waals surface area contributed by atoms with E-state index < -0.39 is 17.6 Å². The fourth-order valence-corrected chi connectivity index (χ4v) is 2.93. The van der Waals surface area contributed by atoms with Crippen LogP contribution in [0.4, 0.5) is 15.8 Å². The maximum Gasteiger partial charge on any atom is 0.313 e. The highest BCUT2D eigenvalue weighted by Crippen LogP contribution is 2.21. The van der Waals surface area contributed by atoms with Crippen molar-refractivity contribution in [3.05, 3.63) is 52.7 Å². The summed E-state index contributed by atoms with van der Waals surface area (Å²) in [5.41, 5.74) is 0.515. The van der Waals surface area contributed by atoms with Gasteiger partial charge in [-0.1, -0.05) is 12.1 Å². The van der Waals surface area contributed by atoms with Crippen molar-refractivity contribution in [1.29, 1.82) is 0 Å². The Morgan fingerprint density at radius 3 is 2.81 bits per heavy atom. The lowest BCUT2D eigenvalue weighted by Crippen LogP contribution is -2.38. The van der Waals surface area contributed by atoms with Gasteiger partial charge in [-0.25, -0.2) is 9.07 Å². The van der Waals surface area contributed by atoms with Crippen molar-refractivity contribution in [2.45, 2.75) is 6.42 Å². The van der Waals surface area contributed by atoms with Gasteiger partial charge in [0.05, 0.1) is 17.6 Å². The first-order valence-electron chi connectivity index (χ1n) is 8.56. The SMILES string of the molecule is Cn1ncc(N2CC[C@H](CNC(=O)C(=O)Nc3ccccc3F)C2)cc1=O. The summed E-state index contributed by atoms with van der Waals surface area (Å²) in [7, 11) is 1.58. The van der Waals surface area contributed by atoms with Gasteiger partial charge in [-0.15, -0.1) is 0 Å². The van der Waals surface area contributed by atoms with Crippen molar-refractivity contribution in [2.75, 3.05) is 29.9 Å². The van der Waals surface area contributed by atoms with Gasteiger partial charge in [-0.05, 0) is 24.5 Å². The first-order chi connectivity index (χ1) is 12.9. The number of hydrogen-bond acceptors (Lipinski definition) is 5. The molecular weight excluding hydrogens is 353 g/mol. The molecule has 2 N–H and O–H groups in total. The second kappa shape index (κ2) is 7.98. The summed E-state index contributed by atoms with van der Waals surface area (Å²) in [6.07, 6.45) is 2.44. The Kier molecular flexibility index (Phi) is 5.49. The van der Waals surface area contributed by atoms with Crippen LogP contribution in [0.25, 0.3) is 0 Å². The second-order valence-corrected chi connectivity index (χ2v) is 6.42. The van der Waals surface area contributed by atoms with Gasteiger partial charge in [-0.3, -0.25) is 14.4 Å². The molecule has 0 spiro atoms. The molecule has 0 saturated carbocycles. The van der Waals surface area contributed by atoms with Crippen molar-refractivity contribution in [3.8, 4) is 0 Å². The van der Waals surface area contributed by atoms with Gasteiger partial charge in [0.15, 0.2) is 0 Å². The predicted octanol–water partition coefficient (Wildman–Crippen LogP) is 0.501. The average molecular weight is 373 g/mol. The minimum atomic E-state index is -0.911. The van der Waals surface area contributed by atoms with E-state index in [9.17, 15) is 18.8 Å². The Hall–Kier alpha value is -3.23. The third-order valence-corrected chi connectivity index (χ3v) is 4.48. The molecule has 1 saturated heterocycles. The first-order valence-corrected chi connectivity index (χ1v) is 8.56. The van der Waals surface area contributed by atoms with E-state index in [1.54, 1.807) is 19.3 Å². The summed E-state index contributed by atoms with van der Waals surface area (Å²) in [6.45, 7) is 1.69. The Morgan fingerprint density at radius 1 is 1.30 bits per heavy atom. The van der Waals surface area contributed by atoms with Crippen LogP contribution in [-0.2, 0) is 16.6 Å². The van der Waals surface area contributed by atoms with Gasteiger partial charge >= 0.3 is 11.8 Å². The molecule has 27 heavy (non-hydrogen) atoms. The highest BCUT2D eigenvalue weighted by Gasteiger charge is 2.25. The van der Waals surface area contributed by atoms with Gasteiger partial charge in [0.25, 0.3) is 5.56 Å². The van der Waals surface area contributed by atoms with Crippen LogP contribution >= 0.6 is 0 Å². The lowest BCUT2D eigenvalue weighted by atomic mass is 10.1. The Morgan fingerprint density at radius 2 is 2.07 bits per heavy atom. The number of aryl methyl sites for hydroxylation is 1. The molecule has 8 nitrogen and oxygen atoms in total. The van der Waals surface area contributed by atoms with Crippen molar-refractivity contribution >= 4 is 23.2 Å². The van der Waals surface area contributed by atoms with Gasteiger partial charge in [-0.2, -0.15) is 5.10 Å². The monoisotopic (exact) mass is 373 g/mol. The van der Waals surface area contributed by atoms with Crippen LogP contribution in [0.3, 0.4) is 0 Å². The highest BCUT2D eigenvalue weighted by atomic mass is 19.1. The van der Waals surface area contributed by atoms with Gasteiger partial charge in [0.2, 0.25) is 0 Å². The number of benzene rings is 1. The number of aromatic nitrogens is 2. The zero-order valence-corrected chi connectivity index (χ0v) is 14.8. The zero-order valence-electron chi connectivity index (χ0n) is 14.8. The number of carbonyl (C=O) groups excluding carboxylic acids is 2. The van der Waals surface area contributed by atoms with E-state index in [-0.39, 0.29) is 17.2 Å². The summed E-state index contributed by atoms with van der Waals surface area (Å²) in [4.78, 5) is 37.5. The molecule has 1 atom stereocenters. The third kappa shape index (κ3) is 4.49. The second-order valence-electron chi connectivity index (χ2n) is 6.42. The standard InChI is InChI=1S/C18H20FN5O3/c1-23-16(25)8-13(10-21-23)24-7-6-12(11-24)9-20-17(26)18(27)22-15-5-3-2-4-14(15)19/h2-5,8,10,12H,6-7,9,11H2,1H3,(H,20,26)(H,22,27)/t12-/m1/s1. The van der Waals surface area contributed by atoms with Gasteiger partial charge in [0.1, 0.15) is 5.82 Å². The van der Waals surface area contributed by atoms with E-state index in [4.69, 9.17) is 0 Å². The smallest absolute Gasteiger partial charge is 0.313 e. The lowest BCUT2D eigenvalue weighted by molar-refractivity contribution is -0.136. The van der Waals surface area contributed by atoms with E-state index in [1.807, 2.05) is 4.90 Å². The summed E-state index contributed by atoms with van der Waals surface area (Å²) < 4.78 is 14.8. The molecule has 2 aromatic rings. The summed E-state index contributed by atoms with van der Waals surface area (Å²) in [5.74, 6) is -2.19. The molecule has 3 rings (SSSR count). The fraction of sp³-hybridized carbons (Fsp3) is 0.333. The number of nitrogens with one attached hydrogen (secondary N) is 2. The molecule has 9 heteroatoms. The molecule has 2 amide bonds. The fourth-order valence-electron chi connectivity index (χ4n) is 2.93. The first kappa shape index (κ1) is 18.6. The van der Waals surface area contributed by atoms with E-state index in [0.29, 0.717) is 13.1 Å². The number of amides is 2. The van der Waals surface area contributed by atoms with E-state index in [1.165, 1.54) is 28.9 Å². The number of para-hydroxylation sites is 1. The molecule has 142 valence electrons. The summed E-state index contributed by atoms with van der Waals surface area (Å²) in [5, 5.41) is 8.83. The molecule has 2 heterocycles. The van der Waals surface area contributed by atoms with E-state index in [2.05, 4.69) is 15.7 Å². The number of halogens is 1. The average Bonchev–Trinajstić information content (AvgIpc) is 3.13. The van der Waals surface area contributed by atoms with Crippen LogP contribution < -0.4 is 21.1 Å².